The van der Waals surface area contributed by atoms with Gasteiger partial charge in [-0.1, -0.05) is 0 Å². The molecule has 0 aliphatic carbocycles. The molecule has 0 saturated carbocycles. The van der Waals surface area contributed by atoms with Crippen LogP contribution in [-0.2, 0) is 0 Å². The third kappa shape index (κ3) is 3.95. The molecule has 0 unspecified atom stereocenters. The van der Waals surface area contributed by atoms with Crippen LogP contribution in [0.5, 0.6) is 0 Å². The van der Waals surface area contributed by atoms with E-state index in [1.807, 2.05) is 51.9 Å². The van der Waals surface area contributed by atoms with Gasteiger partial charge in [-0.3, -0.25) is 14.5 Å². The summed E-state index contributed by atoms with van der Waals surface area (Å²) >= 11 is 0. The quantitative estimate of drug-likeness (QED) is 0.747. The summed E-state index contributed by atoms with van der Waals surface area (Å²) in [5.41, 5.74) is 2.20. The van der Waals surface area contributed by atoms with Crippen molar-refractivity contribution in [1.82, 2.24) is 10.2 Å². The molecule has 1 N–H and O–H groups in total. The second-order valence-corrected chi connectivity index (χ2v) is 7.05. The highest BCUT2D eigenvalue weighted by molar-refractivity contribution is 5.93. The van der Waals surface area contributed by atoms with Gasteiger partial charge < -0.3 is 14.2 Å². The average Bonchev–Trinajstić information content (AvgIpc) is 3.02. The molecule has 3 aromatic rings. The van der Waals surface area contributed by atoms with Crippen molar-refractivity contribution in [3.8, 4) is 0 Å². The van der Waals surface area contributed by atoms with Crippen LogP contribution >= 0.6 is 0 Å². The van der Waals surface area contributed by atoms with E-state index in [0.29, 0.717) is 17.5 Å². The summed E-state index contributed by atoms with van der Waals surface area (Å²) in [7, 11) is 3.83. The molecule has 3 rings (SSSR count). The Morgan fingerprint density at radius 2 is 1.78 bits per heavy atom. The SMILES string of the molecule is Cc1ccc([C@@H](CNC(=O)c2cc(=O)c3cc(C)c(C)cc3o2)N(C)C)o1. The van der Waals surface area contributed by atoms with Crippen molar-refractivity contribution >= 4 is 16.9 Å². The molecule has 0 aliphatic heterocycles. The minimum absolute atomic E-state index is 0.00360. The van der Waals surface area contributed by atoms with Gasteiger partial charge >= 0.3 is 0 Å². The summed E-state index contributed by atoms with van der Waals surface area (Å²) in [5.74, 6) is 1.16. The fourth-order valence-electron chi connectivity index (χ4n) is 2.97. The Morgan fingerprint density at radius 1 is 1.07 bits per heavy atom. The van der Waals surface area contributed by atoms with Crippen LogP contribution in [0.2, 0.25) is 0 Å². The first-order valence-corrected chi connectivity index (χ1v) is 8.82. The van der Waals surface area contributed by atoms with Gasteiger partial charge in [-0.15, -0.1) is 0 Å². The molecule has 0 radical (unpaired) electrons. The molecule has 2 aromatic heterocycles. The lowest BCUT2D eigenvalue weighted by molar-refractivity contribution is 0.0911. The van der Waals surface area contributed by atoms with E-state index in [0.717, 1.165) is 22.6 Å². The number of likely N-dealkylation sites (N-methyl/N-ethyl adjacent to an activating group) is 1. The lowest BCUT2D eigenvalue weighted by Crippen LogP contribution is -2.34. The standard InChI is InChI=1S/C21H24N2O4/c1-12-8-15-17(24)10-20(27-19(15)9-13(12)2)21(25)22-11-16(23(4)5)18-7-6-14(3)26-18/h6-10,16H,11H2,1-5H3,(H,22,25)/t16-/m1/s1. The molecule has 142 valence electrons. The Bertz CT molecular complexity index is 1050. The predicted octanol–water partition coefficient (Wildman–Crippen LogP) is 3.34. The van der Waals surface area contributed by atoms with E-state index in [-0.39, 0.29) is 17.2 Å². The number of nitrogens with one attached hydrogen (secondary N) is 1. The zero-order valence-electron chi connectivity index (χ0n) is 16.3. The minimum Gasteiger partial charge on any atom is -0.465 e. The summed E-state index contributed by atoms with van der Waals surface area (Å²) in [6.45, 7) is 6.08. The van der Waals surface area contributed by atoms with E-state index in [1.54, 1.807) is 12.1 Å². The number of fused-ring (bicyclic) bond motifs is 1. The predicted molar refractivity (Wildman–Crippen MR) is 104 cm³/mol. The van der Waals surface area contributed by atoms with E-state index in [4.69, 9.17) is 8.83 Å². The number of rotatable bonds is 5. The zero-order valence-corrected chi connectivity index (χ0v) is 16.3. The molecule has 0 saturated heterocycles. The second kappa shape index (κ2) is 7.40. The Morgan fingerprint density at radius 3 is 2.41 bits per heavy atom. The van der Waals surface area contributed by atoms with Crippen LogP contribution in [0.1, 0.15) is 39.2 Å². The number of nitrogens with zero attached hydrogens (tertiary/aromatic N) is 1. The van der Waals surface area contributed by atoms with Gasteiger partial charge in [0.15, 0.2) is 11.2 Å². The van der Waals surface area contributed by atoms with E-state index < -0.39 is 5.91 Å². The first kappa shape index (κ1) is 18.9. The number of aryl methyl sites for hydroxylation is 3. The molecule has 6 heteroatoms. The third-order valence-corrected chi connectivity index (χ3v) is 4.74. The smallest absolute Gasteiger partial charge is 0.287 e. The van der Waals surface area contributed by atoms with Gasteiger partial charge in [0.25, 0.3) is 5.91 Å². The lowest BCUT2D eigenvalue weighted by Gasteiger charge is -2.22. The number of carbonyl (C=O) groups is 1. The molecule has 2 heterocycles. The van der Waals surface area contributed by atoms with Gasteiger partial charge in [0, 0.05) is 12.6 Å². The number of amides is 1. The number of hydrogen-bond acceptors (Lipinski definition) is 5. The van der Waals surface area contributed by atoms with Crippen molar-refractivity contribution in [3.05, 3.63) is 69.0 Å². The summed E-state index contributed by atoms with van der Waals surface area (Å²) < 4.78 is 11.4. The molecular formula is C21H24N2O4. The molecule has 1 atom stereocenters. The van der Waals surface area contributed by atoms with Crippen LogP contribution in [-0.4, -0.2) is 31.4 Å². The molecule has 1 amide bonds. The van der Waals surface area contributed by atoms with Gasteiger partial charge in [0.05, 0.1) is 11.4 Å². The maximum atomic E-state index is 12.6. The van der Waals surface area contributed by atoms with Gasteiger partial charge in [-0.2, -0.15) is 0 Å². The Kier molecular flexibility index (Phi) is 5.19. The van der Waals surface area contributed by atoms with Crippen molar-refractivity contribution in [1.29, 1.82) is 0 Å². The number of benzene rings is 1. The van der Waals surface area contributed by atoms with Gasteiger partial charge in [0.1, 0.15) is 17.1 Å². The lowest BCUT2D eigenvalue weighted by atomic mass is 10.1. The topological polar surface area (TPSA) is 75.7 Å². The average molecular weight is 368 g/mol. The largest absolute Gasteiger partial charge is 0.465 e. The van der Waals surface area contributed by atoms with Crippen LogP contribution in [0, 0.1) is 20.8 Å². The summed E-state index contributed by atoms with van der Waals surface area (Å²) in [5, 5.41) is 3.31. The van der Waals surface area contributed by atoms with Crippen LogP contribution < -0.4 is 10.7 Å². The van der Waals surface area contributed by atoms with Crippen LogP contribution in [0.4, 0.5) is 0 Å². The number of hydrogen-bond donors (Lipinski definition) is 1. The summed E-state index contributed by atoms with van der Waals surface area (Å²) in [6, 6.07) is 8.48. The first-order valence-electron chi connectivity index (χ1n) is 8.82. The molecule has 0 spiro atoms. The van der Waals surface area contributed by atoms with Crippen LogP contribution in [0.25, 0.3) is 11.0 Å². The molecular weight excluding hydrogens is 344 g/mol. The second-order valence-electron chi connectivity index (χ2n) is 7.05. The van der Waals surface area contributed by atoms with Crippen molar-refractivity contribution in [2.75, 3.05) is 20.6 Å². The van der Waals surface area contributed by atoms with Crippen molar-refractivity contribution in [3.63, 3.8) is 0 Å². The van der Waals surface area contributed by atoms with Gasteiger partial charge in [-0.05, 0) is 70.3 Å². The fourth-order valence-corrected chi connectivity index (χ4v) is 2.97. The fraction of sp³-hybridized carbons (Fsp3) is 0.333. The first-order chi connectivity index (χ1) is 12.8. The Balaban J connectivity index is 1.83. The number of carbonyl (C=O) groups excluding carboxylic acids is 1. The highest BCUT2D eigenvalue weighted by Crippen LogP contribution is 2.21. The monoisotopic (exact) mass is 368 g/mol. The van der Waals surface area contributed by atoms with E-state index in [1.165, 1.54) is 6.07 Å². The molecule has 1 aromatic carbocycles. The third-order valence-electron chi connectivity index (χ3n) is 4.74. The van der Waals surface area contributed by atoms with Crippen molar-refractivity contribution in [2.24, 2.45) is 0 Å². The maximum absolute atomic E-state index is 12.6. The Labute approximate surface area is 157 Å². The molecule has 0 bridgehead atoms. The molecule has 27 heavy (non-hydrogen) atoms. The van der Waals surface area contributed by atoms with Crippen LogP contribution in [0.3, 0.4) is 0 Å². The molecule has 0 fully saturated rings. The Hall–Kier alpha value is -2.86. The van der Waals surface area contributed by atoms with Gasteiger partial charge in [0.2, 0.25) is 0 Å². The van der Waals surface area contributed by atoms with Crippen LogP contribution in [0.15, 0.2) is 44.0 Å². The minimum atomic E-state index is -0.428. The summed E-state index contributed by atoms with van der Waals surface area (Å²) in [4.78, 5) is 26.9. The zero-order chi connectivity index (χ0) is 19.7. The maximum Gasteiger partial charge on any atom is 0.287 e. The molecule has 0 aliphatic rings. The summed E-state index contributed by atoms with van der Waals surface area (Å²) in [6.07, 6.45) is 0. The van der Waals surface area contributed by atoms with E-state index in [2.05, 4.69) is 5.32 Å². The molecule has 6 nitrogen and oxygen atoms in total. The van der Waals surface area contributed by atoms with E-state index >= 15 is 0 Å². The van der Waals surface area contributed by atoms with Gasteiger partial charge in [-0.25, -0.2) is 0 Å². The van der Waals surface area contributed by atoms with Crippen molar-refractivity contribution < 1.29 is 13.6 Å². The number of furan rings is 1. The normalized spacial score (nSPS) is 12.5. The van der Waals surface area contributed by atoms with E-state index in [9.17, 15) is 9.59 Å². The van der Waals surface area contributed by atoms with Crippen molar-refractivity contribution in [2.45, 2.75) is 26.8 Å². The highest BCUT2D eigenvalue weighted by Gasteiger charge is 2.20. The highest BCUT2D eigenvalue weighted by atomic mass is 16.3.